The number of hydrogen-bond donors (Lipinski definition) is 0. The third-order valence-corrected chi connectivity index (χ3v) is 6.98. The van der Waals surface area contributed by atoms with E-state index < -0.39 is 5.97 Å². The van der Waals surface area contributed by atoms with Crippen molar-refractivity contribution in [3.63, 3.8) is 0 Å². The maximum absolute atomic E-state index is 13.2. The number of imidazole rings is 1. The van der Waals surface area contributed by atoms with E-state index in [-0.39, 0.29) is 0 Å². The summed E-state index contributed by atoms with van der Waals surface area (Å²) in [5.41, 5.74) is 6.63. The predicted octanol–water partition coefficient (Wildman–Crippen LogP) is 8.21. The van der Waals surface area contributed by atoms with Crippen molar-refractivity contribution < 1.29 is 9.53 Å². The van der Waals surface area contributed by atoms with Gasteiger partial charge in [0.2, 0.25) is 0 Å². The molecule has 0 saturated heterocycles. The van der Waals surface area contributed by atoms with Gasteiger partial charge in [0.1, 0.15) is 11.6 Å². The zero-order valence-corrected chi connectivity index (χ0v) is 22.0. The van der Waals surface area contributed by atoms with Crippen molar-refractivity contribution in [3.8, 4) is 0 Å². The van der Waals surface area contributed by atoms with E-state index in [1.54, 1.807) is 12.1 Å². The third-order valence-electron chi connectivity index (χ3n) is 6.98. The van der Waals surface area contributed by atoms with Crippen molar-refractivity contribution in [2.24, 2.45) is 0 Å². The monoisotopic (exact) mass is 508 g/mol. The number of hydrogen-bond acceptors (Lipinski definition) is 3. The highest BCUT2D eigenvalue weighted by atomic mass is 16.5. The summed E-state index contributed by atoms with van der Waals surface area (Å²) in [5.74, 6) is 0.769. The molecule has 6 aromatic rings. The van der Waals surface area contributed by atoms with Crippen LogP contribution in [0.25, 0.3) is 33.6 Å². The van der Waals surface area contributed by atoms with Crippen molar-refractivity contribution in [3.05, 3.63) is 149 Å². The molecule has 0 atom stereocenters. The second kappa shape index (κ2) is 10.4. The molecule has 0 spiro atoms. The molecule has 190 valence electrons. The fraction of sp³-hybridized carbons (Fsp3) is 0.0857. The molecule has 1 aromatic heterocycles. The number of ether oxygens (including phenoxy) is 1. The summed E-state index contributed by atoms with van der Waals surface area (Å²) in [6.07, 6.45) is 1.88. The Kier molecular flexibility index (Phi) is 6.52. The van der Waals surface area contributed by atoms with E-state index >= 15 is 0 Å². The van der Waals surface area contributed by atoms with Gasteiger partial charge >= 0.3 is 5.97 Å². The molecule has 0 radical (unpaired) electrons. The normalized spacial score (nSPS) is 11.7. The van der Waals surface area contributed by atoms with Gasteiger partial charge in [-0.1, -0.05) is 102 Å². The molecule has 0 N–H and O–H groups in total. The topological polar surface area (TPSA) is 44.1 Å². The Morgan fingerprint density at radius 3 is 2.15 bits per heavy atom. The summed E-state index contributed by atoms with van der Waals surface area (Å²) in [6.45, 7) is 4.66. The van der Waals surface area contributed by atoms with E-state index in [2.05, 4.69) is 53.1 Å². The van der Waals surface area contributed by atoms with Crippen molar-refractivity contribution in [2.45, 2.75) is 20.4 Å². The highest BCUT2D eigenvalue weighted by molar-refractivity contribution is 5.95. The number of carbonyl (C=O) groups is 1. The summed E-state index contributed by atoms with van der Waals surface area (Å²) < 4.78 is 8.23. The van der Waals surface area contributed by atoms with Crippen LogP contribution in [0, 0.1) is 13.8 Å². The van der Waals surface area contributed by atoms with Crippen LogP contribution < -0.4 is 0 Å². The van der Waals surface area contributed by atoms with Crippen molar-refractivity contribution in [1.29, 1.82) is 0 Å². The Labute approximate surface area is 227 Å². The second-order valence-corrected chi connectivity index (χ2v) is 9.81. The smallest absolute Gasteiger partial charge is 0.343 e. The van der Waals surface area contributed by atoms with Crippen LogP contribution in [-0.4, -0.2) is 15.5 Å². The molecule has 1 heterocycles. The van der Waals surface area contributed by atoms with Gasteiger partial charge in [-0.3, -0.25) is 0 Å². The van der Waals surface area contributed by atoms with Crippen molar-refractivity contribution in [1.82, 2.24) is 9.55 Å². The van der Waals surface area contributed by atoms with E-state index in [0.717, 1.165) is 33.5 Å². The first-order valence-electron chi connectivity index (χ1n) is 13.0. The number of fused-ring (bicyclic) bond motifs is 2. The SMILES string of the molecule is Cc1ccc(C(=O)O/C(=C\c2nc3ccccc3n2Cc2cccc3ccccc23)c2ccc(C)cc2)cc1. The molecule has 0 fully saturated rings. The van der Waals surface area contributed by atoms with Gasteiger partial charge in [-0.05, 0) is 54.4 Å². The molecule has 0 aliphatic heterocycles. The van der Waals surface area contributed by atoms with Crippen LogP contribution in [0.4, 0.5) is 0 Å². The Bertz CT molecular complexity index is 1820. The Balaban J connectivity index is 1.47. The van der Waals surface area contributed by atoms with E-state index in [1.807, 2.05) is 74.5 Å². The maximum atomic E-state index is 13.2. The summed E-state index contributed by atoms with van der Waals surface area (Å²) in [5, 5.41) is 2.40. The third kappa shape index (κ3) is 5.10. The lowest BCUT2D eigenvalue weighted by atomic mass is 10.0. The number of esters is 1. The number of benzene rings is 5. The van der Waals surface area contributed by atoms with Crippen LogP contribution in [0.1, 0.15) is 38.4 Å². The van der Waals surface area contributed by atoms with Crippen molar-refractivity contribution in [2.75, 3.05) is 0 Å². The number of rotatable bonds is 6. The first kappa shape index (κ1) is 24.4. The molecule has 4 heteroatoms. The lowest BCUT2D eigenvalue weighted by Crippen LogP contribution is -2.07. The van der Waals surface area contributed by atoms with Gasteiger partial charge in [0.15, 0.2) is 0 Å². The van der Waals surface area contributed by atoms with E-state index in [1.165, 1.54) is 16.3 Å². The molecular weight excluding hydrogens is 480 g/mol. The fourth-order valence-electron chi connectivity index (χ4n) is 4.83. The molecule has 0 saturated carbocycles. The Morgan fingerprint density at radius 1 is 0.744 bits per heavy atom. The van der Waals surface area contributed by atoms with Gasteiger partial charge in [-0.15, -0.1) is 0 Å². The van der Waals surface area contributed by atoms with E-state index in [0.29, 0.717) is 17.9 Å². The molecular formula is C35H28N2O2. The summed E-state index contributed by atoms with van der Waals surface area (Å²) in [7, 11) is 0. The van der Waals surface area contributed by atoms with Crippen LogP contribution in [-0.2, 0) is 11.3 Å². The Hall–Kier alpha value is -4.96. The number of carbonyl (C=O) groups excluding carboxylic acids is 1. The molecule has 0 bridgehead atoms. The minimum Gasteiger partial charge on any atom is -0.422 e. The fourth-order valence-corrected chi connectivity index (χ4v) is 4.83. The van der Waals surface area contributed by atoms with Gasteiger partial charge in [0, 0.05) is 11.6 Å². The first-order valence-corrected chi connectivity index (χ1v) is 13.0. The zero-order valence-electron chi connectivity index (χ0n) is 22.0. The van der Waals surface area contributed by atoms with Crippen LogP contribution in [0.15, 0.2) is 115 Å². The van der Waals surface area contributed by atoms with Crippen LogP contribution in [0.2, 0.25) is 0 Å². The highest BCUT2D eigenvalue weighted by Gasteiger charge is 2.16. The molecule has 6 rings (SSSR count). The minimum absolute atomic E-state index is 0.404. The number of aryl methyl sites for hydroxylation is 2. The average Bonchev–Trinajstić information content (AvgIpc) is 3.30. The Morgan fingerprint density at radius 2 is 1.38 bits per heavy atom. The van der Waals surface area contributed by atoms with Crippen LogP contribution in [0.5, 0.6) is 0 Å². The quantitative estimate of drug-likeness (QED) is 0.168. The van der Waals surface area contributed by atoms with Crippen LogP contribution >= 0.6 is 0 Å². The molecule has 0 amide bonds. The average molecular weight is 509 g/mol. The van der Waals surface area contributed by atoms with E-state index in [9.17, 15) is 4.79 Å². The van der Waals surface area contributed by atoms with Gasteiger partial charge in [-0.25, -0.2) is 9.78 Å². The minimum atomic E-state index is -0.404. The highest BCUT2D eigenvalue weighted by Crippen LogP contribution is 2.27. The molecule has 4 nitrogen and oxygen atoms in total. The van der Waals surface area contributed by atoms with Gasteiger partial charge in [-0.2, -0.15) is 0 Å². The largest absolute Gasteiger partial charge is 0.422 e. The molecule has 5 aromatic carbocycles. The second-order valence-electron chi connectivity index (χ2n) is 9.81. The molecule has 39 heavy (non-hydrogen) atoms. The maximum Gasteiger partial charge on any atom is 0.343 e. The number of nitrogens with zero attached hydrogens (tertiary/aromatic N) is 2. The molecule has 0 aliphatic carbocycles. The van der Waals surface area contributed by atoms with Gasteiger partial charge in [0.25, 0.3) is 0 Å². The predicted molar refractivity (Wildman–Crippen MR) is 158 cm³/mol. The van der Waals surface area contributed by atoms with Crippen LogP contribution in [0.3, 0.4) is 0 Å². The molecule has 0 unspecified atom stereocenters. The van der Waals surface area contributed by atoms with Gasteiger partial charge < -0.3 is 9.30 Å². The lowest BCUT2D eigenvalue weighted by molar-refractivity contribution is 0.0693. The lowest BCUT2D eigenvalue weighted by Gasteiger charge is -2.13. The molecule has 0 aliphatic rings. The zero-order chi connectivity index (χ0) is 26.8. The number of para-hydroxylation sites is 2. The van der Waals surface area contributed by atoms with E-state index in [4.69, 9.17) is 9.72 Å². The van der Waals surface area contributed by atoms with Gasteiger partial charge in [0.05, 0.1) is 23.1 Å². The van der Waals surface area contributed by atoms with Crippen molar-refractivity contribution >= 4 is 39.6 Å². The first-order chi connectivity index (χ1) is 19.0. The summed E-state index contributed by atoms with van der Waals surface area (Å²) in [4.78, 5) is 18.2. The number of aromatic nitrogens is 2. The standard InChI is InChI=1S/C35H28N2O2/c1-24-14-18-27(19-15-24)33(39-35(38)28-20-16-25(2)17-21-28)22-34-36-31-12-5-6-13-32(31)37(34)23-29-10-7-9-26-8-3-4-11-30(26)29/h3-22H,23H2,1-2H3/b33-22-. The summed E-state index contributed by atoms with van der Waals surface area (Å²) in [6, 6.07) is 38.3. The summed E-state index contributed by atoms with van der Waals surface area (Å²) >= 11 is 0.